The molecule has 0 aromatic rings. The van der Waals surface area contributed by atoms with E-state index in [1.54, 1.807) is 5.57 Å². The molecule has 0 nitrogen and oxygen atoms in total. The maximum atomic E-state index is 2.55. The third-order valence-electron chi connectivity index (χ3n) is 2.55. The normalized spacial score (nSPS) is 26.1. The standard InChI is InChI=1S/C10H19Ge.C3H9Ge/c1-8-5-9(2)7-10(6-8)11(3)4;1-4(2)3/h6,9-10H,5,7H2,1-4H3;1-3H3/t9-,10+;/m1./s1. The van der Waals surface area contributed by atoms with Gasteiger partial charge in [0.05, 0.1) is 0 Å². The Labute approximate surface area is 106 Å². The minimum atomic E-state index is -0.652. The second-order valence-electron chi connectivity index (χ2n) is 5.74. The zero-order chi connectivity index (χ0) is 12.0. The Bertz CT molecular complexity index is 192. The first-order valence-electron chi connectivity index (χ1n) is 6.07. The Balaban J connectivity index is 0.000000423. The van der Waals surface area contributed by atoms with Crippen molar-refractivity contribution in [1.29, 1.82) is 0 Å². The quantitative estimate of drug-likeness (QED) is 0.476. The van der Waals surface area contributed by atoms with Crippen molar-refractivity contribution in [3.05, 3.63) is 11.6 Å². The van der Waals surface area contributed by atoms with Gasteiger partial charge in [-0.3, -0.25) is 0 Å². The summed E-state index contributed by atoms with van der Waals surface area (Å²) >= 11 is -0.985. The molecule has 2 radical (unpaired) electrons. The van der Waals surface area contributed by atoms with Crippen LogP contribution in [0.15, 0.2) is 11.6 Å². The second-order valence-corrected chi connectivity index (χ2v) is 18.1. The molecule has 15 heavy (non-hydrogen) atoms. The fourth-order valence-corrected chi connectivity index (χ4v) is 5.08. The number of rotatable bonds is 1. The van der Waals surface area contributed by atoms with Crippen molar-refractivity contribution in [2.75, 3.05) is 0 Å². The fraction of sp³-hybridized carbons (Fsp3) is 0.846. The van der Waals surface area contributed by atoms with Crippen molar-refractivity contribution in [3.63, 3.8) is 0 Å². The Morgan fingerprint density at radius 1 is 1.13 bits per heavy atom. The Morgan fingerprint density at radius 2 is 1.60 bits per heavy atom. The van der Waals surface area contributed by atoms with Crippen LogP contribution in [0.3, 0.4) is 0 Å². The summed E-state index contributed by atoms with van der Waals surface area (Å²) in [4.78, 5) is 0. The molecule has 1 aliphatic rings. The third-order valence-corrected chi connectivity index (χ3v) is 6.51. The molecule has 0 aromatic carbocycles. The average molecular weight is 330 g/mol. The van der Waals surface area contributed by atoms with Gasteiger partial charge in [0, 0.05) is 0 Å². The molecule has 88 valence electrons. The molecular formula is C13H28Ge2. The molecule has 0 bridgehead atoms. The summed E-state index contributed by atoms with van der Waals surface area (Å²) in [6.45, 7) is 4.69. The average Bonchev–Trinajstić information content (AvgIpc) is 2.00. The van der Waals surface area contributed by atoms with Crippen LogP contribution >= 0.6 is 0 Å². The zero-order valence-corrected chi connectivity index (χ0v) is 15.8. The molecule has 0 spiro atoms. The van der Waals surface area contributed by atoms with Crippen LogP contribution in [0.1, 0.15) is 26.7 Å². The van der Waals surface area contributed by atoms with E-state index in [1.165, 1.54) is 12.8 Å². The van der Waals surface area contributed by atoms with Gasteiger partial charge in [-0.2, -0.15) is 0 Å². The van der Waals surface area contributed by atoms with E-state index >= 15 is 0 Å². The van der Waals surface area contributed by atoms with Crippen LogP contribution in [0.5, 0.6) is 0 Å². The van der Waals surface area contributed by atoms with E-state index in [0.717, 1.165) is 10.7 Å². The van der Waals surface area contributed by atoms with Crippen LogP contribution in [-0.2, 0) is 0 Å². The molecule has 0 N–H and O–H groups in total. The van der Waals surface area contributed by atoms with Gasteiger partial charge in [-0.1, -0.05) is 0 Å². The summed E-state index contributed by atoms with van der Waals surface area (Å²) in [5, 5.41) is 0. The topological polar surface area (TPSA) is 0 Å². The van der Waals surface area contributed by atoms with Crippen LogP contribution in [0.4, 0.5) is 0 Å². The first-order chi connectivity index (χ1) is 6.82. The summed E-state index contributed by atoms with van der Waals surface area (Å²) in [7, 11) is 0. The Kier molecular flexibility index (Phi) is 8.44. The molecule has 0 saturated carbocycles. The van der Waals surface area contributed by atoms with Crippen LogP contribution in [0, 0.1) is 5.92 Å². The molecular weight excluding hydrogens is 301 g/mol. The predicted octanol–water partition coefficient (Wildman–Crippen LogP) is 4.86. The van der Waals surface area contributed by atoms with Crippen LogP contribution in [0.25, 0.3) is 0 Å². The molecule has 2 heteroatoms. The summed E-state index contributed by atoms with van der Waals surface area (Å²) < 4.78 is 1.01. The fourth-order valence-electron chi connectivity index (χ4n) is 1.95. The molecule has 0 aromatic heterocycles. The first kappa shape index (κ1) is 15.8. The zero-order valence-electron chi connectivity index (χ0n) is 11.6. The van der Waals surface area contributed by atoms with Gasteiger partial charge in [-0.15, -0.1) is 0 Å². The van der Waals surface area contributed by atoms with Crippen LogP contribution in [0.2, 0.25) is 33.5 Å². The third kappa shape index (κ3) is 8.61. The summed E-state index contributed by atoms with van der Waals surface area (Å²) in [6, 6.07) is 0. The van der Waals surface area contributed by atoms with Gasteiger partial charge >= 0.3 is 106 Å². The predicted molar refractivity (Wildman–Crippen MR) is 76.7 cm³/mol. The number of hydrogen-bond donors (Lipinski definition) is 0. The van der Waals surface area contributed by atoms with E-state index in [1.807, 2.05) is 0 Å². The van der Waals surface area contributed by atoms with Crippen molar-refractivity contribution in [3.8, 4) is 0 Å². The SMILES string of the molecule is CC1=C[C@H]([Ge]([CH3])[CH3])C[C@H](C)C1.[CH3][Ge]([CH3])[CH3]. The van der Waals surface area contributed by atoms with Gasteiger partial charge in [0.15, 0.2) is 0 Å². The molecule has 2 atom stereocenters. The van der Waals surface area contributed by atoms with Crippen molar-refractivity contribution >= 4 is 28.7 Å². The monoisotopic (exact) mass is 332 g/mol. The van der Waals surface area contributed by atoms with Gasteiger partial charge < -0.3 is 0 Å². The van der Waals surface area contributed by atoms with Crippen LogP contribution in [-0.4, -0.2) is 28.7 Å². The number of allylic oxidation sites excluding steroid dienone is 2. The number of hydrogen-bond acceptors (Lipinski definition) is 0. The van der Waals surface area contributed by atoms with E-state index in [-0.39, 0.29) is 14.3 Å². The summed E-state index contributed by atoms with van der Waals surface area (Å²) in [5.41, 5.74) is 1.64. The molecule has 0 aliphatic heterocycles. The minimum absolute atomic E-state index is 0.333. The van der Waals surface area contributed by atoms with E-state index in [4.69, 9.17) is 0 Å². The van der Waals surface area contributed by atoms with E-state index in [2.05, 4.69) is 48.7 Å². The Morgan fingerprint density at radius 3 is 1.93 bits per heavy atom. The molecule has 0 amide bonds. The molecule has 0 fully saturated rings. The van der Waals surface area contributed by atoms with E-state index in [0.29, 0.717) is 0 Å². The van der Waals surface area contributed by atoms with Gasteiger partial charge in [0.2, 0.25) is 0 Å². The summed E-state index contributed by atoms with van der Waals surface area (Å²) in [6.07, 6.45) is 5.37. The second kappa shape index (κ2) is 8.00. The van der Waals surface area contributed by atoms with Crippen molar-refractivity contribution in [2.45, 2.75) is 60.2 Å². The van der Waals surface area contributed by atoms with Gasteiger partial charge in [-0.25, -0.2) is 0 Å². The van der Waals surface area contributed by atoms with Crippen molar-refractivity contribution < 1.29 is 0 Å². The Hall–Kier alpha value is 0.826. The first-order valence-corrected chi connectivity index (χ1v) is 17.8. The molecule has 1 aliphatic carbocycles. The summed E-state index contributed by atoms with van der Waals surface area (Å²) in [5.74, 6) is 12.9. The van der Waals surface area contributed by atoms with Gasteiger partial charge in [-0.05, 0) is 0 Å². The molecule has 0 unspecified atom stereocenters. The van der Waals surface area contributed by atoms with Crippen molar-refractivity contribution in [2.24, 2.45) is 5.92 Å². The van der Waals surface area contributed by atoms with E-state index in [9.17, 15) is 0 Å². The van der Waals surface area contributed by atoms with Gasteiger partial charge in [0.1, 0.15) is 0 Å². The molecule has 0 heterocycles. The van der Waals surface area contributed by atoms with Crippen molar-refractivity contribution in [1.82, 2.24) is 0 Å². The van der Waals surface area contributed by atoms with E-state index < -0.39 is 14.3 Å². The molecule has 1 rings (SSSR count). The maximum absolute atomic E-state index is 2.55. The molecule has 0 saturated heterocycles. The van der Waals surface area contributed by atoms with Crippen LogP contribution < -0.4 is 0 Å². The van der Waals surface area contributed by atoms with Gasteiger partial charge in [0.25, 0.3) is 0 Å².